The predicted molar refractivity (Wildman–Crippen MR) is 74.6 cm³/mol. The van der Waals surface area contributed by atoms with Crippen LogP contribution in [0.2, 0.25) is 5.02 Å². The molecule has 0 atom stereocenters. The second-order valence-electron chi connectivity index (χ2n) is 4.05. The van der Waals surface area contributed by atoms with Gasteiger partial charge in [-0.15, -0.1) is 0 Å². The number of hydrogen-bond donors (Lipinski definition) is 1. The van der Waals surface area contributed by atoms with Gasteiger partial charge in [0.15, 0.2) is 0 Å². The lowest BCUT2D eigenvalue weighted by atomic mass is 10.1. The molecule has 0 saturated carbocycles. The van der Waals surface area contributed by atoms with Crippen molar-refractivity contribution in [1.29, 1.82) is 10.5 Å². The molecule has 2 aromatic rings. The molecule has 0 bridgehead atoms. The summed E-state index contributed by atoms with van der Waals surface area (Å²) in [7, 11) is 0. The van der Waals surface area contributed by atoms with Crippen LogP contribution in [0.25, 0.3) is 0 Å². The molecule has 0 unspecified atom stereocenters. The van der Waals surface area contributed by atoms with Gasteiger partial charge in [0.05, 0.1) is 16.1 Å². The molecule has 0 heterocycles. The zero-order chi connectivity index (χ0) is 14.5. The van der Waals surface area contributed by atoms with E-state index in [2.05, 4.69) is 5.32 Å². The Kier molecular flexibility index (Phi) is 4.20. The minimum absolute atomic E-state index is 0.0779. The Bertz CT molecular complexity index is 729. The number of anilines is 1. The van der Waals surface area contributed by atoms with Crippen molar-refractivity contribution in [2.75, 3.05) is 5.32 Å². The lowest BCUT2D eigenvalue weighted by Crippen LogP contribution is -2.01. The number of rotatable bonds is 3. The average molecular weight is 286 g/mol. The molecule has 98 valence electrons. The monoisotopic (exact) mass is 285 g/mol. The van der Waals surface area contributed by atoms with Crippen LogP contribution >= 0.6 is 11.6 Å². The molecule has 0 amide bonds. The summed E-state index contributed by atoms with van der Waals surface area (Å²) in [6.45, 7) is 0.327. The van der Waals surface area contributed by atoms with E-state index in [1.54, 1.807) is 30.3 Å². The van der Waals surface area contributed by atoms with Gasteiger partial charge in [0, 0.05) is 12.2 Å². The molecule has 0 fully saturated rings. The molecule has 0 radical (unpaired) electrons. The number of nitriles is 2. The summed E-state index contributed by atoms with van der Waals surface area (Å²) in [6, 6.07) is 13.3. The Hall–Kier alpha value is -2.56. The largest absolute Gasteiger partial charge is 0.381 e. The highest BCUT2D eigenvalue weighted by atomic mass is 35.5. The summed E-state index contributed by atoms with van der Waals surface area (Å²) in [5, 5.41) is 20.9. The number of nitrogens with one attached hydrogen (secondary N) is 1. The molecule has 0 aromatic heterocycles. The van der Waals surface area contributed by atoms with Crippen LogP contribution in [0.1, 0.15) is 16.7 Å². The van der Waals surface area contributed by atoms with Crippen molar-refractivity contribution >= 4 is 17.3 Å². The van der Waals surface area contributed by atoms with E-state index in [0.29, 0.717) is 28.9 Å². The number of halogens is 2. The van der Waals surface area contributed by atoms with Gasteiger partial charge in [-0.1, -0.05) is 23.7 Å². The molecular weight excluding hydrogens is 277 g/mol. The zero-order valence-corrected chi connectivity index (χ0v) is 11.1. The fourth-order valence-electron chi connectivity index (χ4n) is 1.73. The normalized spacial score (nSPS) is 9.60. The van der Waals surface area contributed by atoms with Crippen molar-refractivity contribution in [1.82, 2.24) is 0 Å². The fourth-order valence-corrected chi connectivity index (χ4v) is 1.92. The van der Waals surface area contributed by atoms with E-state index in [0.717, 1.165) is 0 Å². The Labute approximate surface area is 120 Å². The van der Waals surface area contributed by atoms with Gasteiger partial charge in [0.1, 0.15) is 18.0 Å². The summed E-state index contributed by atoms with van der Waals surface area (Å²) < 4.78 is 13.3. The van der Waals surface area contributed by atoms with Crippen molar-refractivity contribution < 1.29 is 4.39 Å². The SMILES string of the molecule is N#Cc1ccc(NCc2cccc(F)c2Cl)cc1C#N. The van der Waals surface area contributed by atoms with Gasteiger partial charge >= 0.3 is 0 Å². The van der Waals surface area contributed by atoms with Gasteiger partial charge in [-0.3, -0.25) is 0 Å². The molecule has 3 nitrogen and oxygen atoms in total. The van der Waals surface area contributed by atoms with E-state index in [1.165, 1.54) is 6.07 Å². The average Bonchev–Trinajstić information content (AvgIpc) is 2.48. The molecule has 1 N–H and O–H groups in total. The number of hydrogen-bond acceptors (Lipinski definition) is 3. The molecule has 5 heteroatoms. The van der Waals surface area contributed by atoms with Gasteiger partial charge in [-0.25, -0.2) is 4.39 Å². The highest BCUT2D eigenvalue weighted by molar-refractivity contribution is 6.31. The summed E-state index contributed by atoms with van der Waals surface area (Å²) in [5.41, 5.74) is 1.90. The molecule has 0 aliphatic heterocycles. The van der Waals surface area contributed by atoms with Crippen LogP contribution < -0.4 is 5.32 Å². The van der Waals surface area contributed by atoms with Crippen molar-refractivity contribution in [3.05, 3.63) is 63.9 Å². The van der Waals surface area contributed by atoms with Crippen molar-refractivity contribution in [3.63, 3.8) is 0 Å². The van der Waals surface area contributed by atoms with Crippen molar-refractivity contribution in [2.45, 2.75) is 6.54 Å². The molecule has 0 spiro atoms. The standard InChI is InChI=1S/C15H9ClFN3/c16-15-11(2-1-3-14(15)17)9-20-13-5-4-10(7-18)12(6-13)8-19/h1-6,20H,9H2. The molecular formula is C15H9ClFN3. The van der Waals surface area contributed by atoms with Crippen LogP contribution in [0.5, 0.6) is 0 Å². The summed E-state index contributed by atoms with van der Waals surface area (Å²) in [6.07, 6.45) is 0. The maximum absolute atomic E-state index is 13.3. The van der Waals surface area contributed by atoms with E-state index >= 15 is 0 Å². The minimum atomic E-state index is -0.469. The van der Waals surface area contributed by atoms with Gasteiger partial charge in [-0.05, 0) is 29.8 Å². The Morgan fingerprint density at radius 3 is 2.55 bits per heavy atom. The van der Waals surface area contributed by atoms with E-state index < -0.39 is 5.82 Å². The second-order valence-corrected chi connectivity index (χ2v) is 4.43. The summed E-state index contributed by atoms with van der Waals surface area (Å²) in [5.74, 6) is -0.469. The molecule has 0 saturated heterocycles. The van der Waals surface area contributed by atoms with Gasteiger partial charge in [-0.2, -0.15) is 10.5 Å². The third-order valence-corrected chi connectivity index (χ3v) is 3.20. The maximum atomic E-state index is 13.3. The maximum Gasteiger partial charge on any atom is 0.142 e. The van der Waals surface area contributed by atoms with Crippen LogP contribution in [0.4, 0.5) is 10.1 Å². The van der Waals surface area contributed by atoms with Crippen molar-refractivity contribution in [2.24, 2.45) is 0 Å². The van der Waals surface area contributed by atoms with Crippen LogP contribution in [0, 0.1) is 28.5 Å². The third kappa shape index (κ3) is 2.88. The molecule has 20 heavy (non-hydrogen) atoms. The zero-order valence-electron chi connectivity index (χ0n) is 10.3. The summed E-state index contributed by atoms with van der Waals surface area (Å²) >= 11 is 5.86. The first-order valence-electron chi connectivity index (χ1n) is 5.76. The van der Waals surface area contributed by atoms with E-state index in [-0.39, 0.29) is 5.02 Å². The predicted octanol–water partition coefficient (Wildman–Crippen LogP) is 3.83. The van der Waals surface area contributed by atoms with E-state index in [9.17, 15) is 4.39 Å². The third-order valence-electron chi connectivity index (χ3n) is 2.78. The molecule has 0 aliphatic rings. The number of benzene rings is 2. The Morgan fingerprint density at radius 1 is 1.10 bits per heavy atom. The smallest absolute Gasteiger partial charge is 0.142 e. The van der Waals surface area contributed by atoms with E-state index in [4.69, 9.17) is 22.1 Å². The van der Waals surface area contributed by atoms with Crippen LogP contribution in [0.15, 0.2) is 36.4 Å². The van der Waals surface area contributed by atoms with Crippen molar-refractivity contribution in [3.8, 4) is 12.1 Å². The van der Waals surface area contributed by atoms with Crippen LogP contribution in [-0.4, -0.2) is 0 Å². The van der Waals surface area contributed by atoms with E-state index in [1.807, 2.05) is 12.1 Å². The van der Waals surface area contributed by atoms with Gasteiger partial charge < -0.3 is 5.32 Å². The molecule has 2 rings (SSSR count). The Morgan fingerprint density at radius 2 is 1.85 bits per heavy atom. The topological polar surface area (TPSA) is 59.6 Å². The first-order chi connectivity index (χ1) is 9.65. The number of nitrogens with zero attached hydrogens (tertiary/aromatic N) is 2. The minimum Gasteiger partial charge on any atom is -0.381 e. The lowest BCUT2D eigenvalue weighted by molar-refractivity contribution is 0.626. The molecule has 0 aliphatic carbocycles. The lowest BCUT2D eigenvalue weighted by Gasteiger charge is -2.09. The summed E-state index contributed by atoms with van der Waals surface area (Å²) in [4.78, 5) is 0. The second kappa shape index (κ2) is 6.06. The quantitative estimate of drug-likeness (QED) is 0.932. The van der Waals surface area contributed by atoms with Gasteiger partial charge in [0.25, 0.3) is 0 Å². The Balaban J connectivity index is 2.18. The molecule has 2 aromatic carbocycles. The highest BCUT2D eigenvalue weighted by Gasteiger charge is 2.06. The van der Waals surface area contributed by atoms with Crippen LogP contribution in [0.3, 0.4) is 0 Å². The van der Waals surface area contributed by atoms with Gasteiger partial charge in [0.2, 0.25) is 0 Å². The first kappa shape index (κ1) is 13.9. The first-order valence-corrected chi connectivity index (χ1v) is 6.14. The fraction of sp³-hybridized carbons (Fsp3) is 0.0667. The van der Waals surface area contributed by atoms with Crippen LogP contribution in [-0.2, 0) is 6.54 Å². The highest BCUT2D eigenvalue weighted by Crippen LogP contribution is 2.21.